The van der Waals surface area contributed by atoms with Crippen LogP contribution in [0.25, 0.3) is 0 Å². The molecule has 0 atom stereocenters. The standard InChI is InChI=1S/C18H20ClNO2/c1-13(2)11-20-18(21)15-8-4-6-10-17(15)22-12-14-7-3-5-9-16(14)19/h3-10,13H,11-12H2,1-2H3,(H,20,21). The van der Waals surface area contributed by atoms with Crippen molar-refractivity contribution in [2.45, 2.75) is 20.5 Å². The predicted molar refractivity (Wildman–Crippen MR) is 89.4 cm³/mol. The largest absolute Gasteiger partial charge is 0.488 e. The molecule has 1 N–H and O–H groups in total. The molecule has 0 aliphatic carbocycles. The van der Waals surface area contributed by atoms with Gasteiger partial charge < -0.3 is 10.1 Å². The lowest BCUT2D eigenvalue weighted by atomic mass is 10.1. The van der Waals surface area contributed by atoms with Gasteiger partial charge in [-0.2, -0.15) is 0 Å². The Bertz CT molecular complexity index is 640. The van der Waals surface area contributed by atoms with Gasteiger partial charge in [0, 0.05) is 17.1 Å². The average Bonchev–Trinajstić information content (AvgIpc) is 2.52. The Morgan fingerprint density at radius 3 is 2.55 bits per heavy atom. The Labute approximate surface area is 136 Å². The Morgan fingerprint density at radius 2 is 1.82 bits per heavy atom. The van der Waals surface area contributed by atoms with Crippen LogP contribution in [0.2, 0.25) is 5.02 Å². The molecule has 1 amide bonds. The minimum absolute atomic E-state index is 0.122. The molecular weight excluding hydrogens is 298 g/mol. The second-order valence-corrected chi connectivity index (χ2v) is 5.89. The summed E-state index contributed by atoms with van der Waals surface area (Å²) in [6.07, 6.45) is 0. The van der Waals surface area contributed by atoms with E-state index in [1.54, 1.807) is 12.1 Å². The Morgan fingerprint density at radius 1 is 1.14 bits per heavy atom. The quantitative estimate of drug-likeness (QED) is 0.862. The fourth-order valence-electron chi connectivity index (χ4n) is 1.94. The first-order chi connectivity index (χ1) is 10.6. The third kappa shape index (κ3) is 4.50. The minimum Gasteiger partial charge on any atom is -0.488 e. The van der Waals surface area contributed by atoms with Crippen molar-refractivity contribution < 1.29 is 9.53 Å². The molecule has 2 rings (SSSR count). The molecule has 0 aliphatic rings. The number of amides is 1. The lowest BCUT2D eigenvalue weighted by Crippen LogP contribution is -2.27. The molecule has 0 aliphatic heterocycles. The number of hydrogen-bond acceptors (Lipinski definition) is 2. The van der Waals surface area contributed by atoms with Gasteiger partial charge in [0.1, 0.15) is 12.4 Å². The van der Waals surface area contributed by atoms with Gasteiger partial charge in [0.2, 0.25) is 0 Å². The normalized spacial score (nSPS) is 10.5. The summed E-state index contributed by atoms with van der Waals surface area (Å²) in [5.74, 6) is 0.840. The van der Waals surface area contributed by atoms with E-state index in [0.29, 0.717) is 35.4 Å². The number of rotatable bonds is 6. The highest BCUT2D eigenvalue weighted by atomic mass is 35.5. The Kier molecular flexibility index (Phi) is 5.84. The van der Waals surface area contributed by atoms with E-state index in [1.165, 1.54) is 0 Å². The van der Waals surface area contributed by atoms with Crippen LogP contribution in [-0.4, -0.2) is 12.5 Å². The van der Waals surface area contributed by atoms with Gasteiger partial charge in [0.15, 0.2) is 0 Å². The zero-order valence-corrected chi connectivity index (χ0v) is 13.6. The van der Waals surface area contributed by atoms with Gasteiger partial charge in [0.25, 0.3) is 5.91 Å². The van der Waals surface area contributed by atoms with Crippen molar-refractivity contribution in [3.05, 3.63) is 64.7 Å². The first kappa shape index (κ1) is 16.4. The van der Waals surface area contributed by atoms with E-state index in [-0.39, 0.29) is 5.91 Å². The van der Waals surface area contributed by atoms with Crippen molar-refractivity contribution in [1.29, 1.82) is 0 Å². The maximum absolute atomic E-state index is 12.2. The average molecular weight is 318 g/mol. The summed E-state index contributed by atoms with van der Waals surface area (Å²) in [6.45, 7) is 5.08. The second kappa shape index (κ2) is 7.85. The monoisotopic (exact) mass is 317 g/mol. The SMILES string of the molecule is CC(C)CNC(=O)c1ccccc1OCc1ccccc1Cl. The highest BCUT2D eigenvalue weighted by Gasteiger charge is 2.12. The van der Waals surface area contributed by atoms with Crippen LogP contribution in [0.5, 0.6) is 5.75 Å². The molecule has 0 heterocycles. The molecule has 0 spiro atoms. The predicted octanol–water partition coefficient (Wildman–Crippen LogP) is 4.30. The van der Waals surface area contributed by atoms with Crippen molar-refractivity contribution in [2.24, 2.45) is 5.92 Å². The zero-order valence-electron chi connectivity index (χ0n) is 12.8. The van der Waals surface area contributed by atoms with E-state index >= 15 is 0 Å². The summed E-state index contributed by atoms with van der Waals surface area (Å²) in [5.41, 5.74) is 1.43. The number of halogens is 1. The number of carbonyl (C=O) groups is 1. The molecular formula is C18H20ClNO2. The molecule has 22 heavy (non-hydrogen) atoms. The maximum Gasteiger partial charge on any atom is 0.255 e. The number of ether oxygens (including phenoxy) is 1. The van der Waals surface area contributed by atoms with Gasteiger partial charge in [-0.3, -0.25) is 4.79 Å². The van der Waals surface area contributed by atoms with Crippen LogP contribution >= 0.6 is 11.6 Å². The van der Waals surface area contributed by atoms with Crippen molar-refractivity contribution >= 4 is 17.5 Å². The van der Waals surface area contributed by atoms with Crippen molar-refractivity contribution in [1.82, 2.24) is 5.32 Å². The molecule has 0 aromatic heterocycles. The van der Waals surface area contributed by atoms with E-state index < -0.39 is 0 Å². The second-order valence-electron chi connectivity index (χ2n) is 5.48. The third-order valence-electron chi connectivity index (χ3n) is 3.14. The molecule has 0 saturated carbocycles. The summed E-state index contributed by atoms with van der Waals surface area (Å²) in [4.78, 5) is 12.2. The number of benzene rings is 2. The van der Waals surface area contributed by atoms with Crippen LogP contribution in [0.3, 0.4) is 0 Å². The molecule has 0 saturated heterocycles. The van der Waals surface area contributed by atoms with Crippen LogP contribution < -0.4 is 10.1 Å². The molecule has 116 valence electrons. The fraction of sp³-hybridized carbons (Fsp3) is 0.278. The zero-order chi connectivity index (χ0) is 15.9. The van der Waals surface area contributed by atoms with E-state index in [0.717, 1.165) is 5.56 Å². The van der Waals surface area contributed by atoms with Crippen LogP contribution in [-0.2, 0) is 6.61 Å². The van der Waals surface area contributed by atoms with Crippen LogP contribution in [0.1, 0.15) is 29.8 Å². The Hall–Kier alpha value is -2.00. The van der Waals surface area contributed by atoms with E-state index in [1.807, 2.05) is 36.4 Å². The fourth-order valence-corrected chi connectivity index (χ4v) is 2.13. The summed E-state index contributed by atoms with van der Waals surface area (Å²) in [6, 6.07) is 14.7. The molecule has 0 bridgehead atoms. The van der Waals surface area contributed by atoms with Crippen LogP contribution in [0.4, 0.5) is 0 Å². The third-order valence-corrected chi connectivity index (χ3v) is 3.51. The van der Waals surface area contributed by atoms with Crippen molar-refractivity contribution in [3.8, 4) is 5.75 Å². The summed E-state index contributed by atoms with van der Waals surface area (Å²) in [5, 5.41) is 3.56. The minimum atomic E-state index is -0.122. The van der Waals surface area contributed by atoms with Gasteiger partial charge in [-0.15, -0.1) is 0 Å². The van der Waals surface area contributed by atoms with Gasteiger partial charge in [-0.1, -0.05) is 55.8 Å². The topological polar surface area (TPSA) is 38.3 Å². The first-order valence-corrected chi connectivity index (χ1v) is 7.69. The molecule has 0 fully saturated rings. The highest BCUT2D eigenvalue weighted by molar-refractivity contribution is 6.31. The Balaban J connectivity index is 2.08. The summed E-state index contributed by atoms with van der Waals surface area (Å²) >= 11 is 6.12. The van der Waals surface area contributed by atoms with E-state index in [4.69, 9.17) is 16.3 Å². The molecule has 0 unspecified atom stereocenters. The highest BCUT2D eigenvalue weighted by Crippen LogP contribution is 2.22. The number of para-hydroxylation sites is 1. The van der Waals surface area contributed by atoms with Gasteiger partial charge >= 0.3 is 0 Å². The lowest BCUT2D eigenvalue weighted by Gasteiger charge is -2.13. The smallest absolute Gasteiger partial charge is 0.255 e. The molecule has 0 radical (unpaired) electrons. The number of hydrogen-bond donors (Lipinski definition) is 1. The molecule has 2 aromatic rings. The van der Waals surface area contributed by atoms with Gasteiger partial charge in [0.05, 0.1) is 5.56 Å². The van der Waals surface area contributed by atoms with Crippen LogP contribution in [0.15, 0.2) is 48.5 Å². The van der Waals surface area contributed by atoms with Crippen molar-refractivity contribution in [3.63, 3.8) is 0 Å². The number of carbonyl (C=O) groups excluding carboxylic acids is 1. The first-order valence-electron chi connectivity index (χ1n) is 7.31. The van der Waals surface area contributed by atoms with Gasteiger partial charge in [-0.05, 0) is 24.1 Å². The molecule has 2 aromatic carbocycles. The van der Waals surface area contributed by atoms with E-state index in [9.17, 15) is 4.79 Å². The summed E-state index contributed by atoms with van der Waals surface area (Å²) in [7, 11) is 0. The van der Waals surface area contributed by atoms with E-state index in [2.05, 4.69) is 19.2 Å². The number of nitrogens with one attached hydrogen (secondary N) is 1. The molecule has 3 nitrogen and oxygen atoms in total. The lowest BCUT2D eigenvalue weighted by molar-refractivity contribution is 0.0944. The van der Waals surface area contributed by atoms with Gasteiger partial charge in [-0.25, -0.2) is 0 Å². The molecule has 4 heteroatoms. The van der Waals surface area contributed by atoms with Crippen LogP contribution in [0, 0.1) is 5.92 Å². The maximum atomic E-state index is 12.2. The van der Waals surface area contributed by atoms with Crippen molar-refractivity contribution in [2.75, 3.05) is 6.54 Å². The summed E-state index contributed by atoms with van der Waals surface area (Å²) < 4.78 is 5.79.